The smallest absolute Gasteiger partial charge is 0.408 e. The van der Waals surface area contributed by atoms with Crippen molar-refractivity contribution in [1.29, 1.82) is 0 Å². The minimum Gasteiger partial charge on any atom is -0.449 e. The van der Waals surface area contributed by atoms with Crippen LogP contribution in [0.25, 0.3) is 0 Å². The van der Waals surface area contributed by atoms with Gasteiger partial charge in [-0.2, -0.15) is 0 Å². The number of esters is 1. The standard InChI is InChI=1S/C14H18ClNO4/c1-12(2,3)20-11(18)16-14-7-4-6-8(9(7)14)13(6,14)10(17)19-5-15/h6-9H,4-5H2,1-3H3,(H,16,18). The Kier molecular flexibility index (Phi) is 2.08. The Morgan fingerprint density at radius 3 is 2.50 bits per heavy atom. The van der Waals surface area contributed by atoms with E-state index in [1.807, 2.05) is 20.8 Å². The maximum Gasteiger partial charge on any atom is 0.408 e. The number of carbonyl (C=O) groups is 2. The van der Waals surface area contributed by atoms with Gasteiger partial charge in [-0.05, 0) is 50.9 Å². The van der Waals surface area contributed by atoms with Crippen LogP contribution < -0.4 is 5.32 Å². The zero-order valence-corrected chi connectivity index (χ0v) is 12.5. The van der Waals surface area contributed by atoms with Crippen molar-refractivity contribution >= 4 is 23.7 Å². The van der Waals surface area contributed by atoms with Crippen LogP contribution in [0.5, 0.6) is 0 Å². The van der Waals surface area contributed by atoms with Gasteiger partial charge in [-0.3, -0.25) is 4.79 Å². The van der Waals surface area contributed by atoms with Crippen molar-refractivity contribution < 1.29 is 19.1 Å². The van der Waals surface area contributed by atoms with Gasteiger partial charge in [0.2, 0.25) is 0 Å². The largest absolute Gasteiger partial charge is 0.449 e. The molecule has 2 bridgehead atoms. The lowest BCUT2D eigenvalue weighted by Crippen LogP contribution is -2.56. The van der Waals surface area contributed by atoms with E-state index in [-0.39, 0.29) is 12.0 Å². The van der Waals surface area contributed by atoms with Gasteiger partial charge in [-0.1, -0.05) is 11.6 Å². The number of halogens is 1. The topological polar surface area (TPSA) is 64.6 Å². The summed E-state index contributed by atoms with van der Waals surface area (Å²) in [5.41, 5.74) is -1.42. The summed E-state index contributed by atoms with van der Waals surface area (Å²) in [4.78, 5) is 24.3. The maximum atomic E-state index is 12.2. The molecule has 0 aliphatic heterocycles. The molecule has 5 fully saturated rings. The molecule has 1 N–H and O–H groups in total. The number of ether oxygens (including phenoxy) is 2. The summed E-state index contributed by atoms with van der Waals surface area (Å²) in [6.07, 6.45) is 0.580. The van der Waals surface area contributed by atoms with Crippen molar-refractivity contribution in [1.82, 2.24) is 5.32 Å². The summed E-state index contributed by atoms with van der Waals surface area (Å²) in [6, 6.07) is -0.127. The van der Waals surface area contributed by atoms with Gasteiger partial charge < -0.3 is 14.8 Å². The first-order valence-corrected chi connectivity index (χ1v) is 7.58. The molecular weight excluding hydrogens is 282 g/mol. The van der Waals surface area contributed by atoms with Crippen molar-refractivity contribution in [2.45, 2.75) is 38.3 Å². The molecule has 5 aliphatic carbocycles. The fraction of sp³-hybridized carbons (Fsp3) is 0.857. The fourth-order valence-corrected chi connectivity index (χ4v) is 5.53. The third-order valence-corrected chi connectivity index (χ3v) is 5.79. The molecule has 0 aromatic rings. The Morgan fingerprint density at radius 1 is 1.30 bits per heavy atom. The molecule has 6 heteroatoms. The van der Waals surface area contributed by atoms with E-state index in [0.717, 1.165) is 6.42 Å². The molecule has 6 atom stereocenters. The summed E-state index contributed by atoms with van der Waals surface area (Å²) in [5.74, 6) is 1.41. The second-order valence-corrected chi connectivity index (χ2v) is 7.62. The van der Waals surface area contributed by atoms with Crippen LogP contribution >= 0.6 is 11.6 Å². The first-order valence-electron chi connectivity index (χ1n) is 7.05. The Bertz CT molecular complexity index is 518. The van der Waals surface area contributed by atoms with Crippen molar-refractivity contribution in [3.8, 4) is 0 Å². The zero-order chi connectivity index (χ0) is 14.5. The highest BCUT2D eigenvalue weighted by Crippen LogP contribution is 3.00. The molecule has 0 radical (unpaired) electrons. The number of hydrogen-bond donors (Lipinski definition) is 1. The summed E-state index contributed by atoms with van der Waals surface area (Å²) in [6.45, 7) is 5.48. The quantitative estimate of drug-likeness (QED) is 0.638. The lowest BCUT2D eigenvalue weighted by Gasteiger charge is -2.35. The second kappa shape index (κ2) is 3.26. The maximum absolute atomic E-state index is 12.2. The SMILES string of the molecule is CC(C)(C)OC(=O)NC12C3CC4C(C31)C42C(=O)OCCl. The van der Waals surface area contributed by atoms with E-state index >= 15 is 0 Å². The van der Waals surface area contributed by atoms with Crippen LogP contribution in [0.4, 0.5) is 4.79 Å². The third kappa shape index (κ3) is 1.10. The zero-order valence-electron chi connectivity index (χ0n) is 11.7. The van der Waals surface area contributed by atoms with Gasteiger partial charge in [0, 0.05) is 0 Å². The van der Waals surface area contributed by atoms with Crippen LogP contribution in [0.3, 0.4) is 0 Å². The second-order valence-electron chi connectivity index (χ2n) is 7.41. The van der Waals surface area contributed by atoms with Crippen LogP contribution in [-0.4, -0.2) is 29.3 Å². The lowest BCUT2D eigenvalue weighted by atomic mass is 9.78. The first-order chi connectivity index (χ1) is 9.30. The van der Waals surface area contributed by atoms with Crippen molar-refractivity contribution in [2.24, 2.45) is 29.1 Å². The molecule has 0 heterocycles. The van der Waals surface area contributed by atoms with E-state index in [2.05, 4.69) is 5.32 Å². The Labute approximate surface area is 122 Å². The minimum atomic E-state index is -0.537. The number of amides is 1. The summed E-state index contributed by atoms with van der Waals surface area (Å²) in [7, 11) is 0. The van der Waals surface area contributed by atoms with Crippen LogP contribution in [0.1, 0.15) is 27.2 Å². The van der Waals surface area contributed by atoms with Gasteiger partial charge in [0.1, 0.15) is 5.60 Å². The first kappa shape index (κ1) is 12.7. The van der Waals surface area contributed by atoms with E-state index in [0.29, 0.717) is 23.7 Å². The molecule has 5 nitrogen and oxygen atoms in total. The van der Waals surface area contributed by atoms with Crippen LogP contribution in [0.15, 0.2) is 0 Å². The number of nitrogens with one attached hydrogen (secondary N) is 1. The predicted molar refractivity (Wildman–Crippen MR) is 69.9 cm³/mol. The Morgan fingerprint density at radius 2 is 2.00 bits per heavy atom. The number of alkyl halides is 1. The average Bonchev–Trinajstić information content (AvgIpc) is 2.90. The molecule has 5 rings (SSSR count). The summed E-state index contributed by atoms with van der Waals surface area (Å²) in [5, 5.41) is 2.98. The van der Waals surface area contributed by atoms with Gasteiger partial charge in [-0.15, -0.1) is 0 Å². The van der Waals surface area contributed by atoms with Gasteiger partial charge >= 0.3 is 12.1 Å². The number of hydrogen-bond acceptors (Lipinski definition) is 4. The number of alkyl carbamates (subject to hydrolysis) is 1. The highest BCUT2D eigenvalue weighted by molar-refractivity contribution is 6.17. The highest BCUT2D eigenvalue weighted by Gasteiger charge is 3.08. The fourth-order valence-electron chi connectivity index (χ4n) is 5.43. The highest BCUT2D eigenvalue weighted by atomic mass is 35.5. The Balaban J connectivity index is 1.53. The molecule has 1 amide bonds. The minimum absolute atomic E-state index is 0.127. The summed E-state index contributed by atoms with van der Waals surface area (Å²) >= 11 is 5.51. The van der Waals surface area contributed by atoms with Gasteiger partial charge in [0.25, 0.3) is 0 Å². The molecule has 110 valence electrons. The molecule has 0 spiro atoms. The monoisotopic (exact) mass is 299 g/mol. The molecule has 5 saturated carbocycles. The van der Waals surface area contributed by atoms with E-state index < -0.39 is 22.6 Å². The van der Waals surface area contributed by atoms with E-state index in [1.165, 1.54) is 0 Å². The molecule has 20 heavy (non-hydrogen) atoms. The van der Waals surface area contributed by atoms with Gasteiger partial charge in [0.05, 0.1) is 11.0 Å². The average molecular weight is 300 g/mol. The molecule has 6 unspecified atom stereocenters. The van der Waals surface area contributed by atoms with E-state index in [4.69, 9.17) is 21.1 Å². The molecule has 0 aromatic heterocycles. The van der Waals surface area contributed by atoms with Crippen molar-refractivity contribution in [3.05, 3.63) is 0 Å². The van der Waals surface area contributed by atoms with E-state index in [9.17, 15) is 9.59 Å². The molecule has 5 aliphatic rings. The number of carbonyl (C=O) groups excluding carboxylic acids is 2. The number of rotatable bonds is 3. The van der Waals surface area contributed by atoms with E-state index in [1.54, 1.807) is 0 Å². The van der Waals surface area contributed by atoms with Crippen molar-refractivity contribution in [3.63, 3.8) is 0 Å². The van der Waals surface area contributed by atoms with Gasteiger partial charge in [-0.25, -0.2) is 4.79 Å². The lowest BCUT2D eigenvalue weighted by molar-refractivity contribution is -0.153. The molecule has 0 saturated heterocycles. The summed E-state index contributed by atoms with van der Waals surface area (Å²) < 4.78 is 10.4. The van der Waals surface area contributed by atoms with Gasteiger partial charge in [0.15, 0.2) is 6.07 Å². The van der Waals surface area contributed by atoms with Crippen LogP contribution in [-0.2, 0) is 14.3 Å². The third-order valence-electron chi connectivity index (χ3n) is 5.68. The van der Waals surface area contributed by atoms with Crippen LogP contribution in [0.2, 0.25) is 0 Å². The van der Waals surface area contributed by atoms with Crippen LogP contribution in [0, 0.1) is 29.1 Å². The normalized spacial score (nSPS) is 48.8. The molecule has 0 aromatic carbocycles. The molecular formula is C14H18ClNO4. The van der Waals surface area contributed by atoms with Crippen molar-refractivity contribution in [2.75, 3.05) is 6.07 Å². The Hall–Kier alpha value is -0.970. The predicted octanol–water partition coefficient (Wildman–Crippen LogP) is 1.89.